The molecule has 12 heteroatoms. The van der Waals surface area contributed by atoms with Gasteiger partial charge in [-0.3, -0.25) is 19.4 Å². The Morgan fingerprint density at radius 3 is 1.25 bits per heavy atom. The maximum absolute atomic E-state index is 12.8. The van der Waals surface area contributed by atoms with Crippen molar-refractivity contribution in [3.05, 3.63) is 22.7 Å². The van der Waals surface area contributed by atoms with Crippen molar-refractivity contribution in [2.75, 3.05) is 42.5 Å². The van der Waals surface area contributed by atoms with Crippen LogP contribution in [0.5, 0.6) is 0 Å². The molecule has 0 radical (unpaired) electrons. The van der Waals surface area contributed by atoms with Gasteiger partial charge in [-0.15, -0.1) is 0 Å². The molecule has 0 aromatic heterocycles. The fourth-order valence-electron chi connectivity index (χ4n) is 3.15. The molecule has 2 aliphatic rings. The first-order chi connectivity index (χ1) is 13.0. The van der Waals surface area contributed by atoms with Crippen LogP contribution in [0.1, 0.15) is 0 Å². The number of ether oxygens (including phenoxy) is 4. The molecule has 0 saturated heterocycles. The molecule has 2 heterocycles. The number of esters is 2. The van der Waals surface area contributed by atoms with E-state index in [2.05, 4.69) is 9.47 Å². The average Bonchev–Trinajstić information content (AvgIpc) is 3.01. The van der Waals surface area contributed by atoms with Gasteiger partial charge in [-0.25, -0.2) is 9.59 Å². The quantitative estimate of drug-likeness (QED) is 0.472. The third-order valence-corrected chi connectivity index (χ3v) is 4.69. The standard InChI is InChI=1S/C16H20N2O10/c1-17-11(19)7(9(25-3)15(17,23)13(21)27-5)8-10(26-4)16(24,14(22)28-6)18(2)12(8)20/h23-24H,1-6H3/t15-,16-/m1/s1. The first kappa shape index (κ1) is 21.2. The summed E-state index contributed by atoms with van der Waals surface area (Å²) in [6.07, 6.45) is 0. The van der Waals surface area contributed by atoms with Gasteiger partial charge in [-0.05, 0) is 0 Å². The third-order valence-electron chi connectivity index (χ3n) is 4.69. The van der Waals surface area contributed by atoms with E-state index in [4.69, 9.17) is 9.47 Å². The fraction of sp³-hybridized carbons (Fsp3) is 0.500. The van der Waals surface area contributed by atoms with Crippen LogP contribution in [0.3, 0.4) is 0 Å². The van der Waals surface area contributed by atoms with Crippen molar-refractivity contribution < 1.29 is 48.3 Å². The van der Waals surface area contributed by atoms with Gasteiger partial charge in [-0.2, -0.15) is 0 Å². The largest absolute Gasteiger partial charge is 0.494 e. The van der Waals surface area contributed by atoms with E-state index in [0.29, 0.717) is 9.80 Å². The predicted octanol–water partition coefficient (Wildman–Crippen LogP) is -2.55. The van der Waals surface area contributed by atoms with Crippen LogP contribution in [-0.2, 0) is 38.1 Å². The number of methoxy groups -OCH3 is 4. The number of amides is 2. The molecule has 2 N–H and O–H groups in total. The summed E-state index contributed by atoms with van der Waals surface area (Å²) < 4.78 is 19.2. The molecule has 0 bridgehead atoms. The van der Waals surface area contributed by atoms with Crippen LogP contribution in [-0.4, -0.2) is 97.8 Å². The van der Waals surface area contributed by atoms with Crippen LogP contribution in [0.2, 0.25) is 0 Å². The van der Waals surface area contributed by atoms with Crippen molar-refractivity contribution in [3.8, 4) is 0 Å². The predicted molar refractivity (Wildman–Crippen MR) is 87.5 cm³/mol. The molecule has 0 saturated carbocycles. The minimum atomic E-state index is -2.67. The summed E-state index contributed by atoms with van der Waals surface area (Å²) in [5.74, 6) is -5.79. The number of aliphatic hydroxyl groups is 2. The molecule has 0 fully saturated rings. The van der Waals surface area contributed by atoms with E-state index >= 15 is 0 Å². The van der Waals surface area contributed by atoms with Crippen molar-refractivity contribution in [1.29, 1.82) is 0 Å². The van der Waals surface area contributed by atoms with E-state index in [1.807, 2.05) is 0 Å². The average molecular weight is 400 g/mol. The van der Waals surface area contributed by atoms with Gasteiger partial charge in [0.05, 0.1) is 39.6 Å². The first-order valence-electron chi connectivity index (χ1n) is 7.75. The molecule has 2 amide bonds. The molecule has 2 aliphatic heterocycles. The van der Waals surface area contributed by atoms with Crippen LogP contribution in [0.25, 0.3) is 0 Å². The smallest absolute Gasteiger partial charge is 0.368 e. The van der Waals surface area contributed by atoms with E-state index in [1.54, 1.807) is 0 Å². The summed E-state index contributed by atoms with van der Waals surface area (Å²) in [5, 5.41) is 21.6. The van der Waals surface area contributed by atoms with E-state index in [9.17, 15) is 29.4 Å². The number of hydrogen-bond acceptors (Lipinski definition) is 10. The van der Waals surface area contributed by atoms with E-state index < -0.39 is 57.9 Å². The van der Waals surface area contributed by atoms with Crippen LogP contribution < -0.4 is 0 Å². The lowest BCUT2D eigenvalue weighted by Gasteiger charge is -2.28. The molecule has 0 aromatic rings. The van der Waals surface area contributed by atoms with Gasteiger partial charge in [0, 0.05) is 14.1 Å². The Hall–Kier alpha value is -3.12. The van der Waals surface area contributed by atoms with Gasteiger partial charge in [0.1, 0.15) is 0 Å². The van der Waals surface area contributed by atoms with Crippen molar-refractivity contribution >= 4 is 23.8 Å². The maximum Gasteiger partial charge on any atom is 0.368 e. The minimum Gasteiger partial charge on any atom is -0.494 e. The Labute approximate surface area is 159 Å². The highest BCUT2D eigenvalue weighted by Crippen LogP contribution is 2.44. The lowest BCUT2D eigenvalue weighted by molar-refractivity contribution is -0.181. The summed E-state index contributed by atoms with van der Waals surface area (Å²) in [7, 11) is 6.22. The second-order valence-corrected chi connectivity index (χ2v) is 5.87. The Kier molecular flexibility index (Phi) is 5.14. The lowest BCUT2D eigenvalue weighted by Crippen LogP contribution is -2.53. The Morgan fingerprint density at radius 1 is 0.750 bits per heavy atom. The minimum absolute atomic E-state index is 0.577. The number of carbonyl (C=O) groups excluding carboxylic acids is 4. The Balaban J connectivity index is 2.89. The third kappa shape index (κ3) is 2.31. The first-order valence-corrected chi connectivity index (χ1v) is 7.75. The highest BCUT2D eigenvalue weighted by molar-refractivity contribution is 6.18. The molecule has 2 atom stereocenters. The SMILES string of the molecule is COC(=O)[C@]1(O)C(OC)=C(C2=C(OC)[C@@](O)(C(=O)OC)N(C)C2=O)C(=O)N1C. The summed E-state index contributed by atoms with van der Waals surface area (Å²) in [4.78, 5) is 51.1. The van der Waals surface area contributed by atoms with Crippen LogP contribution in [0.15, 0.2) is 22.7 Å². The van der Waals surface area contributed by atoms with Gasteiger partial charge in [0.25, 0.3) is 11.8 Å². The van der Waals surface area contributed by atoms with Crippen LogP contribution in [0, 0.1) is 0 Å². The molecule has 0 aliphatic carbocycles. The van der Waals surface area contributed by atoms with Crippen molar-refractivity contribution in [2.24, 2.45) is 0 Å². The number of carbonyl (C=O) groups is 4. The summed E-state index contributed by atoms with van der Waals surface area (Å²) in [6.45, 7) is 0. The van der Waals surface area contributed by atoms with Gasteiger partial charge in [0.2, 0.25) is 0 Å². The topological polar surface area (TPSA) is 152 Å². The number of nitrogens with zero attached hydrogens (tertiary/aromatic N) is 2. The number of hydrogen-bond donors (Lipinski definition) is 2. The highest BCUT2D eigenvalue weighted by Gasteiger charge is 2.64. The summed E-state index contributed by atoms with van der Waals surface area (Å²) >= 11 is 0. The molecular weight excluding hydrogens is 380 g/mol. The van der Waals surface area contributed by atoms with Crippen LogP contribution >= 0.6 is 0 Å². The summed E-state index contributed by atoms with van der Waals surface area (Å²) in [5.41, 5.74) is -6.50. The second-order valence-electron chi connectivity index (χ2n) is 5.87. The molecular formula is C16H20N2O10. The molecule has 0 unspecified atom stereocenters. The Morgan fingerprint density at radius 2 is 1.04 bits per heavy atom. The summed E-state index contributed by atoms with van der Waals surface area (Å²) in [6, 6.07) is 0. The van der Waals surface area contributed by atoms with Crippen molar-refractivity contribution in [3.63, 3.8) is 0 Å². The van der Waals surface area contributed by atoms with E-state index in [0.717, 1.165) is 42.5 Å². The van der Waals surface area contributed by atoms with E-state index in [-0.39, 0.29) is 0 Å². The molecule has 0 aromatic carbocycles. The molecule has 12 nitrogen and oxygen atoms in total. The molecule has 0 spiro atoms. The maximum atomic E-state index is 12.8. The normalized spacial score (nSPS) is 27.6. The second kappa shape index (κ2) is 6.80. The zero-order valence-corrected chi connectivity index (χ0v) is 16.1. The number of likely N-dealkylation sites (N-methyl/N-ethyl adjacent to an activating group) is 2. The van der Waals surface area contributed by atoms with Gasteiger partial charge in [0.15, 0.2) is 11.5 Å². The zero-order chi connectivity index (χ0) is 21.6. The monoisotopic (exact) mass is 400 g/mol. The van der Waals surface area contributed by atoms with Gasteiger partial charge in [-0.1, -0.05) is 0 Å². The van der Waals surface area contributed by atoms with Crippen molar-refractivity contribution in [1.82, 2.24) is 9.80 Å². The fourth-order valence-corrected chi connectivity index (χ4v) is 3.15. The van der Waals surface area contributed by atoms with E-state index in [1.165, 1.54) is 0 Å². The highest BCUT2D eigenvalue weighted by atomic mass is 16.6. The Bertz CT molecular complexity index is 763. The molecule has 154 valence electrons. The lowest BCUT2D eigenvalue weighted by atomic mass is 10.0. The van der Waals surface area contributed by atoms with Gasteiger partial charge >= 0.3 is 23.4 Å². The van der Waals surface area contributed by atoms with Gasteiger partial charge < -0.3 is 29.2 Å². The van der Waals surface area contributed by atoms with Crippen LogP contribution in [0.4, 0.5) is 0 Å². The zero-order valence-electron chi connectivity index (χ0n) is 16.1. The number of rotatable bonds is 5. The molecule has 2 rings (SSSR count). The molecule has 28 heavy (non-hydrogen) atoms. The van der Waals surface area contributed by atoms with Crippen molar-refractivity contribution in [2.45, 2.75) is 11.4 Å².